The normalized spacial score (nSPS) is 32.4. The second-order valence-electron chi connectivity index (χ2n) is 6.54. The summed E-state index contributed by atoms with van der Waals surface area (Å²) in [5.74, 6) is 0.633. The molecule has 0 aromatic heterocycles. The number of rotatable bonds is 0. The van der Waals surface area contributed by atoms with Crippen LogP contribution in [0.3, 0.4) is 0 Å². The molecule has 0 aromatic rings. The Morgan fingerprint density at radius 1 is 1.22 bits per heavy atom. The zero-order valence-electron chi connectivity index (χ0n) is 12.1. The van der Waals surface area contributed by atoms with Crippen LogP contribution in [0.2, 0.25) is 0 Å². The topological polar surface area (TPSA) is 32.8 Å². The van der Waals surface area contributed by atoms with E-state index in [0.29, 0.717) is 19.0 Å². The van der Waals surface area contributed by atoms with Crippen LogP contribution in [0.1, 0.15) is 40.5 Å². The number of carbonyl (C=O) groups excluding carboxylic acids is 1. The van der Waals surface area contributed by atoms with Crippen molar-refractivity contribution in [2.45, 2.75) is 52.2 Å². The molecule has 0 spiro atoms. The minimum Gasteiger partial charge on any atom is -0.369 e. The molecule has 2 atom stereocenters. The fraction of sp³-hybridized carbons (Fsp3) is 0.929. The van der Waals surface area contributed by atoms with Gasteiger partial charge in [0.15, 0.2) is 0 Å². The summed E-state index contributed by atoms with van der Waals surface area (Å²) >= 11 is 0. The van der Waals surface area contributed by atoms with Gasteiger partial charge in [-0.2, -0.15) is 0 Å². The fourth-order valence-electron chi connectivity index (χ4n) is 3.16. The van der Waals surface area contributed by atoms with Gasteiger partial charge in [0.05, 0.1) is 18.2 Å². The molecule has 2 aliphatic rings. The Morgan fingerprint density at radius 2 is 1.94 bits per heavy atom. The lowest BCUT2D eigenvalue weighted by Crippen LogP contribution is -2.57. The van der Waals surface area contributed by atoms with Gasteiger partial charge < -0.3 is 14.5 Å². The molecular formula is C14H26N2O2. The van der Waals surface area contributed by atoms with Crippen molar-refractivity contribution in [3.63, 3.8) is 0 Å². The van der Waals surface area contributed by atoms with E-state index in [4.69, 9.17) is 4.74 Å². The number of morpholine rings is 1. The van der Waals surface area contributed by atoms with Crippen molar-refractivity contribution in [2.24, 2.45) is 5.92 Å². The van der Waals surface area contributed by atoms with Gasteiger partial charge in [-0.3, -0.25) is 0 Å². The lowest BCUT2D eigenvalue weighted by molar-refractivity contribution is -0.119. The lowest BCUT2D eigenvalue weighted by atomic mass is 10.0. The average Bonchev–Trinajstić information content (AvgIpc) is 2.25. The monoisotopic (exact) mass is 254 g/mol. The predicted octanol–water partition coefficient (Wildman–Crippen LogP) is 2.34. The molecule has 2 rings (SSSR count). The van der Waals surface area contributed by atoms with Crippen LogP contribution < -0.4 is 0 Å². The average molecular weight is 254 g/mol. The van der Waals surface area contributed by atoms with E-state index >= 15 is 0 Å². The number of amides is 2. The number of hydrogen-bond acceptors (Lipinski definition) is 2. The summed E-state index contributed by atoms with van der Waals surface area (Å²) in [5.41, 5.74) is -0.227. The molecule has 0 bridgehead atoms. The maximum Gasteiger partial charge on any atom is 0.320 e. The summed E-state index contributed by atoms with van der Waals surface area (Å²) in [4.78, 5) is 16.5. The number of piperidine rings is 1. The van der Waals surface area contributed by atoms with Crippen LogP contribution in [-0.2, 0) is 4.74 Å². The van der Waals surface area contributed by atoms with E-state index in [0.717, 1.165) is 19.5 Å². The van der Waals surface area contributed by atoms with Gasteiger partial charge in [0.1, 0.15) is 0 Å². The highest BCUT2D eigenvalue weighted by molar-refractivity contribution is 5.74. The fourth-order valence-corrected chi connectivity index (χ4v) is 3.16. The van der Waals surface area contributed by atoms with Crippen LogP contribution in [0, 0.1) is 5.92 Å². The van der Waals surface area contributed by atoms with Gasteiger partial charge in [0.25, 0.3) is 0 Å². The molecule has 4 nitrogen and oxygen atoms in total. The van der Waals surface area contributed by atoms with Crippen LogP contribution in [-0.4, -0.2) is 53.7 Å². The summed E-state index contributed by atoms with van der Waals surface area (Å²) in [5, 5.41) is 0. The van der Waals surface area contributed by atoms with Crippen molar-refractivity contribution >= 4 is 6.03 Å². The largest absolute Gasteiger partial charge is 0.369 e. The summed E-state index contributed by atoms with van der Waals surface area (Å²) in [6, 6.07) is 0.199. The predicted molar refractivity (Wildman–Crippen MR) is 71.6 cm³/mol. The van der Waals surface area contributed by atoms with Crippen molar-refractivity contribution in [2.75, 3.05) is 26.2 Å². The van der Waals surface area contributed by atoms with E-state index in [1.807, 2.05) is 16.7 Å². The van der Waals surface area contributed by atoms with Crippen molar-refractivity contribution in [1.82, 2.24) is 9.80 Å². The van der Waals surface area contributed by atoms with Gasteiger partial charge in [-0.1, -0.05) is 6.92 Å². The van der Waals surface area contributed by atoms with Crippen LogP contribution in [0.25, 0.3) is 0 Å². The quantitative estimate of drug-likeness (QED) is 0.664. The molecule has 0 N–H and O–H groups in total. The molecule has 0 radical (unpaired) electrons. The maximum absolute atomic E-state index is 12.5. The standard InChI is InChI=1S/C14H26N2O2/c1-11-6-5-7-15(8-11)13(17)16-9-12(2)18-14(3,4)10-16/h11-12H,5-10H2,1-4H3. The van der Waals surface area contributed by atoms with Crippen molar-refractivity contribution in [3.8, 4) is 0 Å². The number of nitrogens with zero attached hydrogens (tertiary/aromatic N) is 2. The van der Waals surface area contributed by atoms with Gasteiger partial charge in [-0.05, 0) is 39.5 Å². The number of ether oxygens (including phenoxy) is 1. The van der Waals surface area contributed by atoms with Crippen LogP contribution >= 0.6 is 0 Å². The Balaban J connectivity index is 1.99. The Bertz CT molecular complexity index is 317. The molecule has 18 heavy (non-hydrogen) atoms. The summed E-state index contributed by atoms with van der Waals surface area (Å²) in [6.07, 6.45) is 2.50. The minimum atomic E-state index is -0.227. The summed E-state index contributed by atoms with van der Waals surface area (Å²) in [7, 11) is 0. The van der Waals surface area contributed by atoms with E-state index < -0.39 is 0 Å². The number of likely N-dealkylation sites (tertiary alicyclic amines) is 1. The van der Waals surface area contributed by atoms with E-state index in [-0.39, 0.29) is 17.7 Å². The molecule has 4 heteroatoms. The molecule has 2 aliphatic heterocycles. The first-order valence-corrected chi connectivity index (χ1v) is 7.09. The molecule has 2 saturated heterocycles. The minimum absolute atomic E-state index is 0.125. The molecule has 104 valence electrons. The highest BCUT2D eigenvalue weighted by Gasteiger charge is 2.36. The van der Waals surface area contributed by atoms with Crippen molar-refractivity contribution in [1.29, 1.82) is 0 Å². The number of hydrogen-bond donors (Lipinski definition) is 0. The molecule has 0 aromatic carbocycles. The third kappa shape index (κ3) is 3.16. The van der Waals surface area contributed by atoms with Gasteiger partial charge in [0, 0.05) is 19.6 Å². The first-order chi connectivity index (χ1) is 8.37. The summed E-state index contributed by atoms with van der Waals surface area (Å²) in [6.45, 7) is 11.6. The Hall–Kier alpha value is -0.770. The Labute approximate surface area is 110 Å². The molecule has 0 aliphatic carbocycles. The Kier molecular flexibility index (Phi) is 3.85. The van der Waals surface area contributed by atoms with Crippen LogP contribution in [0.5, 0.6) is 0 Å². The maximum atomic E-state index is 12.5. The van der Waals surface area contributed by atoms with E-state index in [9.17, 15) is 4.79 Å². The van der Waals surface area contributed by atoms with Gasteiger partial charge in [-0.15, -0.1) is 0 Å². The van der Waals surface area contributed by atoms with Crippen LogP contribution in [0.15, 0.2) is 0 Å². The highest BCUT2D eigenvalue weighted by Crippen LogP contribution is 2.23. The SMILES string of the molecule is CC1CCCN(C(=O)N2CC(C)OC(C)(C)C2)C1. The second-order valence-corrected chi connectivity index (χ2v) is 6.54. The molecule has 2 fully saturated rings. The first-order valence-electron chi connectivity index (χ1n) is 7.09. The smallest absolute Gasteiger partial charge is 0.320 e. The zero-order chi connectivity index (χ0) is 13.3. The van der Waals surface area contributed by atoms with Crippen LogP contribution in [0.4, 0.5) is 4.79 Å². The van der Waals surface area contributed by atoms with Gasteiger partial charge in [0.2, 0.25) is 0 Å². The van der Waals surface area contributed by atoms with E-state index in [2.05, 4.69) is 20.8 Å². The van der Waals surface area contributed by atoms with E-state index in [1.165, 1.54) is 6.42 Å². The molecule has 2 amide bonds. The third-order valence-corrected chi connectivity index (χ3v) is 3.77. The number of urea groups is 1. The third-order valence-electron chi connectivity index (χ3n) is 3.77. The highest BCUT2D eigenvalue weighted by atomic mass is 16.5. The molecular weight excluding hydrogens is 228 g/mol. The Morgan fingerprint density at radius 3 is 2.56 bits per heavy atom. The molecule has 2 unspecified atom stereocenters. The summed E-state index contributed by atoms with van der Waals surface area (Å²) < 4.78 is 5.85. The molecule has 0 saturated carbocycles. The van der Waals surface area contributed by atoms with Gasteiger partial charge >= 0.3 is 6.03 Å². The second kappa shape index (κ2) is 5.08. The molecule has 2 heterocycles. The zero-order valence-corrected chi connectivity index (χ0v) is 12.1. The van der Waals surface area contributed by atoms with Crippen molar-refractivity contribution < 1.29 is 9.53 Å². The lowest BCUT2D eigenvalue weighted by Gasteiger charge is -2.44. The van der Waals surface area contributed by atoms with Crippen molar-refractivity contribution in [3.05, 3.63) is 0 Å². The van der Waals surface area contributed by atoms with E-state index in [1.54, 1.807) is 0 Å². The number of carbonyl (C=O) groups is 1. The first kappa shape index (κ1) is 13.7. The van der Waals surface area contributed by atoms with Gasteiger partial charge in [-0.25, -0.2) is 4.79 Å².